The van der Waals surface area contributed by atoms with E-state index in [2.05, 4.69) is 27.8 Å². The molecule has 2 aromatic carbocycles. The maximum absolute atomic E-state index is 12.6. The standard InChI is InChI=1S/C22H23N3O5S/c1-29-19-9-15(20-16(11-24-22(20)26)21(19)30-31(2,27)28)18-8-13-7-12(3-6-17(13)25-18)10-23-14-4-5-14/h3,6-9,14,23,25H,4-5,10-11H2,1-2H3,(H,24,26). The van der Waals surface area contributed by atoms with Crippen molar-refractivity contribution in [2.45, 2.75) is 32.0 Å². The number of methoxy groups -OCH3 is 1. The maximum atomic E-state index is 12.6. The van der Waals surface area contributed by atoms with E-state index in [1.807, 2.05) is 12.1 Å². The van der Waals surface area contributed by atoms with Crippen LogP contribution in [0.5, 0.6) is 11.5 Å². The van der Waals surface area contributed by atoms with Crippen molar-refractivity contribution in [3.8, 4) is 22.8 Å². The van der Waals surface area contributed by atoms with Crippen molar-refractivity contribution in [3.63, 3.8) is 0 Å². The van der Waals surface area contributed by atoms with Crippen molar-refractivity contribution in [2.75, 3.05) is 13.4 Å². The Balaban J connectivity index is 1.60. The summed E-state index contributed by atoms with van der Waals surface area (Å²) in [7, 11) is -2.35. The Kier molecular flexibility index (Phi) is 4.67. The molecule has 5 rings (SSSR count). The van der Waals surface area contributed by atoms with Gasteiger partial charge in [0, 0.05) is 46.9 Å². The van der Waals surface area contributed by atoms with Crippen molar-refractivity contribution >= 4 is 26.9 Å². The number of ether oxygens (including phenoxy) is 1. The summed E-state index contributed by atoms with van der Waals surface area (Å²) in [6.45, 7) is 0.991. The predicted octanol–water partition coefficient (Wildman–Crippen LogP) is 2.68. The van der Waals surface area contributed by atoms with Gasteiger partial charge in [0.15, 0.2) is 11.5 Å². The third-order valence-electron chi connectivity index (χ3n) is 5.60. The second-order valence-corrected chi connectivity index (χ2v) is 9.61. The second-order valence-electron chi connectivity index (χ2n) is 8.04. The predicted molar refractivity (Wildman–Crippen MR) is 117 cm³/mol. The highest BCUT2D eigenvalue weighted by molar-refractivity contribution is 7.86. The summed E-state index contributed by atoms with van der Waals surface area (Å²) in [5.41, 5.74) is 4.39. The number of hydrogen-bond donors (Lipinski definition) is 3. The Morgan fingerprint density at radius 3 is 2.71 bits per heavy atom. The monoisotopic (exact) mass is 441 g/mol. The van der Waals surface area contributed by atoms with E-state index in [1.54, 1.807) is 6.07 Å². The number of benzene rings is 2. The van der Waals surface area contributed by atoms with Crippen LogP contribution in [0.4, 0.5) is 0 Å². The summed E-state index contributed by atoms with van der Waals surface area (Å²) in [6.07, 6.45) is 3.44. The highest BCUT2D eigenvalue weighted by Crippen LogP contribution is 2.43. The van der Waals surface area contributed by atoms with Crippen LogP contribution in [0, 0.1) is 0 Å². The third kappa shape index (κ3) is 3.86. The molecule has 9 heteroatoms. The van der Waals surface area contributed by atoms with Crippen LogP contribution in [0.25, 0.3) is 22.2 Å². The number of aromatic amines is 1. The molecular formula is C22H23N3O5S. The van der Waals surface area contributed by atoms with Crippen LogP contribution in [0.15, 0.2) is 30.3 Å². The van der Waals surface area contributed by atoms with Gasteiger partial charge in [0.05, 0.1) is 18.9 Å². The lowest BCUT2D eigenvalue weighted by Gasteiger charge is -2.15. The molecule has 0 spiro atoms. The van der Waals surface area contributed by atoms with Gasteiger partial charge in [-0.3, -0.25) is 4.79 Å². The first-order valence-corrected chi connectivity index (χ1v) is 11.9. The zero-order valence-corrected chi connectivity index (χ0v) is 18.1. The fraction of sp³-hybridized carbons (Fsp3) is 0.318. The number of rotatable bonds is 7. The quantitative estimate of drug-likeness (QED) is 0.487. The minimum Gasteiger partial charge on any atom is -0.493 e. The Morgan fingerprint density at radius 2 is 2.00 bits per heavy atom. The zero-order valence-electron chi connectivity index (χ0n) is 17.2. The molecule has 0 saturated heterocycles. The molecule has 1 aliphatic carbocycles. The van der Waals surface area contributed by atoms with Gasteiger partial charge in [-0.1, -0.05) is 6.07 Å². The number of carbonyl (C=O) groups is 1. The summed E-state index contributed by atoms with van der Waals surface area (Å²) in [6, 6.07) is 10.5. The average molecular weight is 442 g/mol. The van der Waals surface area contributed by atoms with Gasteiger partial charge in [-0.2, -0.15) is 8.42 Å². The number of aromatic nitrogens is 1. The van der Waals surface area contributed by atoms with Crippen LogP contribution in [0.3, 0.4) is 0 Å². The topological polar surface area (TPSA) is 110 Å². The van der Waals surface area contributed by atoms with E-state index in [4.69, 9.17) is 8.92 Å². The van der Waals surface area contributed by atoms with E-state index in [9.17, 15) is 13.2 Å². The van der Waals surface area contributed by atoms with E-state index >= 15 is 0 Å². The molecule has 31 heavy (non-hydrogen) atoms. The summed E-state index contributed by atoms with van der Waals surface area (Å²) < 4.78 is 34.1. The first kappa shape index (κ1) is 19.9. The Morgan fingerprint density at radius 1 is 1.19 bits per heavy atom. The number of amides is 1. The molecule has 8 nitrogen and oxygen atoms in total. The number of fused-ring (bicyclic) bond motifs is 2. The SMILES string of the molecule is COc1cc(-c2cc3cc(CNC4CC4)ccc3[nH]2)c2c(c1OS(C)(=O)=O)CNC2=O. The van der Waals surface area contributed by atoms with Crippen molar-refractivity contribution in [1.29, 1.82) is 0 Å². The fourth-order valence-corrected chi connectivity index (χ4v) is 4.46. The smallest absolute Gasteiger partial charge is 0.306 e. The number of carbonyl (C=O) groups excluding carboxylic acids is 1. The van der Waals surface area contributed by atoms with Crippen LogP contribution >= 0.6 is 0 Å². The zero-order chi connectivity index (χ0) is 21.8. The molecular weight excluding hydrogens is 418 g/mol. The van der Waals surface area contributed by atoms with Crippen molar-refractivity contribution < 1.29 is 22.1 Å². The van der Waals surface area contributed by atoms with Gasteiger partial charge < -0.3 is 24.5 Å². The third-order valence-corrected chi connectivity index (χ3v) is 6.07. The lowest BCUT2D eigenvalue weighted by atomic mass is 9.98. The molecule has 0 atom stereocenters. The molecule has 1 aromatic heterocycles. The van der Waals surface area contributed by atoms with Crippen LogP contribution in [-0.4, -0.2) is 38.7 Å². The molecule has 0 bridgehead atoms. The van der Waals surface area contributed by atoms with Crippen molar-refractivity contribution in [3.05, 3.63) is 47.0 Å². The Bertz CT molecular complexity index is 1310. The maximum Gasteiger partial charge on any atom is 0.306 e. The average Bonchev–Trinajstić information content (AvgIpc) is 3.33. The van der Waals surface area contributed by atoms with Crippen molar-refractivity contribution in [2.24, 2.45) is 0 Å². The lowest BCUT2D eigenvalue weighted by Crippen LogP contribution is -2.14. The van der Waals surface area contributed by atoms with Gasteiger partial charge in [-0.05, 0) is 42.7 Å². The molecule has 3 aromatic rings. The first-order chi connectivity index (χ1) is 14.8. The number of H-pyrrole nitrogens is 1. The fourth-order valence-electron chi connectivity index (χ4n) is 3.97. The summed E-state index contributed by atoms with van der Waals surface area (Å²) in [5.74, 6) is 0.0225. The van der Waals surface area contributed by atoms with Crippen LogP contribution in [0.2, 0.25) is 0 Å². The minimum atomic E-state index is -3.79. The van der Waals surface area contributed by atoms with Gasteiger partial charge in [-0.15, -0.1) is 0 Å². The van der Waals surface area contributed by atoms with E-state index in [0.717, 1.165) is 29.4 Å². The van der Waals surface area contributed by atoms with E-state index < -0.39 is 10.1 Å². The molecule has 1 amide bonds. The van der Waals surface area contributed by atoms with Gasteiger partial charge >= 0.3 is 10.1 Å². The first-order valence-electron chi connectivity index (χ1n) is 10.1. The minimum absolute atomic E-state index is 0.0478. The van der Waals surface area contributed by atoms with Crippen LogP contribution in [-0.2, 0) is 23.2 Å². The number of nitrogens with one attached hydrogen (secondary N) is 3. The highest BCUT2D eigenvalue weighted by atomic mass is 32.2. The molecule has 162 valence electrons. The summed E-state index contributed by atoms with van der Waals surface area (Å²) in [5, 5.41) is 7.31. The largest absolute Gasteiger partial charge is 0.493 e. The lowest BCUT2D eigenvalue weighted by molar-refractivity contribution is 0.0966. The molecule has 1 aliphatic heterocycles. The Hall–Kier alpha value is -3.04. The number of hydrogen-bond acceptors (Lipinski definition) is 6. The second kappa shape index (κ2) is 7.28. The van der Waals surface area contributed by atoms with Gasteiger partial charge in [0.25, 0.3) is 5.91 Å². The van der Waals surface area contributed by atoms with Gasteiger partial charge in [0.1, 0.15) is 0 Å². The molecule has 0 unspecified atom stereocenters. The van der Waals surface area contributed by atoms with E-state index in [1.165, 1.54) is 25.5 Å². The molecule has 1 saturated carbocycles. The normalized spacial score (nSPS) is 15.7. The molecule has 3 N–H and O–H groups in total. The molecule has 2 aliphatic rings. The van der Waals surface area contributed by atoms with Gasteiger partial charge in [0.2, 0.25) is 0 Å². The van der Waals surface area contributed by atoms with Crippen molar-refractivity contribution in [1.82, 2.24) is 15.6 Å². The molecule has 2 heterocycles. The van der Waals surface area contributed by atoms with Crippen LogP contribution < -0.4 is 19.6 Å². The van der Waals surface area contributed by atoms with E-state index in [-0.39, 0.29) is 24.0 Å². The summed E-state index contributed by atoms with van der Waals surface area (Å²) in [4.78, 5) is 16.0. The molecule has 1 fully saturated rings. The van der Waals surface area contributed by atoms with Crippen LogP contribution in [0.1, 0.15) is 34.3 Å². The highest BCUT2D eigenvalue weighted by Gasteiger charge is 2.32. The summed E-state index contributed by atoms with van der Waals surface area (Å²) >= 11 is 0. The molecule has 0 radical (unpaired) electrons. The van der Waals surface area contributed by atoms with E-state index in [0.29, 0.717) is 22.7 Å². The van der Waals surface area contributed by atoms with Gasteiger partial charge in [-0.25, -0.2) is 0 Å². The Labute approximate surface area is 180 Å².